The molecule has 87 heavy (non-hydrogen) atoms. The Labute approximate surface area is 525 Å². The van der Waals surface area contributed by atoms with Gasteiger partial charge in [-0.05, 0) is 122 Å². The van der Waals surface area contributed by atoms with Crippen molar-refractivity contribution in [2.24, 2.45) is 0 Å². The second-order valence-electron chi connectivity index (χ2n) is 22.5. The van der Waals surface area contributed by atoms with Crippen molar-refractivity contribution in [2.45, 2.75) is 274 Å². The summed E-state index contributed by atoms with van der Waals surface area (Å²) in [7, 11) is 0. The number of ether oxygens (including phenoxy) is 4. The van der Waals surface area contributed by atoms with Crippen molar-refractivity contribution < 1.29 is 64.6 Å². The second-order valence-corrected chi connectivity index (χ2v) is 22.5. The largest absolute Gasteiger partial charge is 0.394 e. The number of aliphatic hydroxyl groups excluding tert-OH is 8. The van der Waals surface area contributed by atoms with Gasteiger partial charge in [-0.2, -0.15) is 0 Å². The number of hydrogen-bond acceptors (Lipinski definition) is 13. The number of aliphatic hydroxyl groups is 8. The van der Waals surface area contributed by atoms with Gasteiger partial charge >= 0.3 is 0 Å². The number of carbonyl (C=O) groups is 1. The van der Waals surface area contributed by atoms with E-state index < -0.39 is 86.8 Å². The molecule has 492 valence electrons. The zero-order chi connectivity index (χ0) is 63.1. The first kappa shape index (κ1) is 78.7. The molecule has 2 saturated heterocycles. The smallest absolute Gasteiger partial charge is 0.220 e. The number of unbranched alkanes of at least 4 members (excludes halogenated alkanes) is 14. The van der Waals surface area contributed by atoms with Crippen molar-refractivity contribution >= 4 is 5.91 Å². The predicted molar refractivity (Wildman–Crippen MR) is 354 cm³/mol. The van der Waals surface area contributed by atoms with E-state index in [1.165, 1.54) is 38.5 Å². The number of carbonyl (C=O) groups excluding carboxylic acids is 1. The van der Waals surface area contributed by atoms with Crippen LogP contribution in [-0.4, -0.2) is 140 Å². The fourth-order valence-electron chi connectivity index (χ4n) is 9.64. The van der Waals surface area contributed by atoms with Gasteiger partial charge < -0.3 is 65.1 Å². The van der Waals surface area contributed by atoms with E-state index in [2.05, 4.69) is 165 Å². The van der Waals surface area contributed by atoms with Crippen LogP contribution in [0.1, 0.15) is 200 Å². The van der Waals surface area contributed by atoms with Crippen LogP contribution >= 0.6 is 0 Å². The molecule has 12 unspecified atom stereocenters. The van der Waals surface area contributed by atoms with E-state index in [4.69, 9.17) is 18.9 Å². The third kappa shape index (κ3) is 40.1. The molecule has 0 saturated carbocycles. The van der Waals surface area contributed by atoms with Crippen LogP contribution in [0.5, 0.6) is 0 Å². The van der Waals surface area contributed by atoms with Crippen molar-refractivity contribution in [3.63, 3.8) is 0 Å². The minimum atomic E-state index is -1.80. The number of allylic oxidation sites excluding steroid dienone is 25. The molecule has 0 aliphatic carbocycles. The van der Waals surface area contributed by atoms with Crippen molar-refractivity contribution in [1.29, 1.82) is 0 Å². The minimum Gasteiger partial charge on any atom is -0.394 e. The number of amides is 1. The fraction of sp³-hybridized carbons (Fsp3) is 0.630. The van der Waals surface area contributed by atoms with Crippen LogP contribution in [0.3, 0.4) is 0 Å². The summed E-state index contributed by atoms with van der Waals surface area (Å²) in [4.78, 5) is 13.3. The summed E-state index contributed by atoms with van der Waals surface area (Å²) < 4.78 is 22.8. The Morgan fingerprint density at radius 1 is 0.425 bits per heavy atom. The van der Waals surface area contributed by atoms with E-state index in [0.29, 0.717) is 12.8 Å². The molecule has 9 N–H and O–H groups in total. The Hall–Kier alpha value is -4.39. The zero-order valence-electron chi connectivity index (χ0n) is 53.2. The summed E-state index contributed by atoms with van der Waals surface area (Å²) in [6.45, 7) is 2.61. The molecule has 14 nitrogen and oxygen atoms in total. The van der Waals surface area contributed by atoms with Crippen LogP contribution in [0.15, 0.2) is 158 Å². The van der Waals surface area contributed by atoms with Crippen LogP contribution < -0.4 is 5.32 Å². The molecule has 2 aliphatic rings. The maximum atomic E-state index is 13.3. The number of nitrogens with one attached hydrogen (secondary N) is 1. The maximum absolute atomic E-state index is 13.3. The maximum Gasteiger partial charge on any atom is 0.220 e. The van der Waals surface area contributed by atoms with Gasteiger partial charge in [0.2, 0.25) is 5.91 Å². The summed E-state index contributed by atoms with van der Waals surface area (Å²) in [6.07, 6.45) is 68.6. The average molecular weight is 1220 g/mol. The second kappa shape index (κ2) is 55.7. The topological polar surface area (TPSA) is 228 Å². The molecule has 12 atom stereocenters. The molecule has 14 heteroatoms. The van der Waals surface area contributed by atoms with Crippen LogP contribution in [0.2, 0.25) is 0 Å². The lowest BCUT2D eigenvalue weighted by atomic mass is 9.97. The van der Waals surface area contributed by atoms with E-state index >= 15 is 0 Å². The third-order valence-electron chi connectivity index (χ3n) is 14.9. The standard InChI is InChI=1S/C73H117NO13/c1-3-5-7-9-11-13-15-17-19-21-22-23-24-25-26-27-28-29-30-31-32-33-34-35-36-37-38-39-40-41-43-45-47-49-51-53-55-57-65(78)74-61(62(77)56-54-52-50-48-46-44-42-20-18-16-14-12-10-8-6-4-2)60-84-72-70(83)68(81)71(64(59-76)86-72)87-73-69(82)67(80)66(79)63(58-75)85-73/h5,7,11,13,17-20,22-23,25-26,28-29,31-32,34-35,37-38,40-41,46,48,54,56,61-64,66-73,75-77,79-83H,3-4,6,8-10,12,14-16,21,24,27,30,33,36,39,42-45,47,49-53,55,57-60H2,1-2H3,(H,74,78)/b7-5-,13-11-,19-17-,20-18+,23-22-,26-25-,29-28-,32-31-,35-34-,38-37-,41-40-,48-46+,56-54+. The van der Waals surface area contributed by atoms with Crippen molar-refractivity contribution in [3.8, 4) is 0 Å². The Morgan fingerprint density at radius 3 is 1.26 bits per heavy atom. The van der Waals surface area contributed by atoms with E-state index in [9.17, 15) is 45.6 Å². The van der Waals surface area contributed by atoms with Gasteiger partial charge in [-0.15, -0.1) is 0 Å². The molecule has 0 aromatic rings. The van der Waals surface area contributed by atoms with Crippen LogP contribution in [-0.2, 0) is 23.7 Å². The summed E-state index contributed by atoms with van der Waals surface area (Å²) in [5.41, 5.74) is 0. The molecule has 2 heterocycles. The van der Waals surface area contributed by atoms with Gasteiger partial charge in [-0.3, -0.25) is 4.79 Å². The van der Waals surface area contributed by atoms with Gasteiger partial charge in [-0.25, -0.2) is 0 Å². The summed E-state index contributed by atoms with van der Waals surface area (Å²) in [5.74, 6) is -0.276. The lowest BCUT2D eigenvalue weighted by Crippen LogP contribution is -2.65. The Balaban J connectivity index is 1.69. The molecule has 0 bridgehead atoms. The Morgan fingerprint density at radius 2 is 0.805 bits per heavy atom. The molecule has 0 aromatic carbocycles. The summed E-state index contributed by atoms with van der Waals surface area (Å²) in [5, 5.41) is 87.2. The summed E-state index contributed by atoms with van der Waals surface area (Å²) in [6, 6.07) is -0.958. The predicted octanol–water partition coefficient (Wildman–Crippen LogP) is 13.1. The van der Waals surface area contributed by atoms with E-state index in [-0.39, 0.29) is 18.9 Å². The van der Waals surface area contributed by atoms with Gasteiger partial charge in [-0.1, -0.05) is 230 Å². The first-order valence-corrected chi connectivity index (χ1v) is 33.2. The van der Waals surface area contributed by atoms with Gasteiger partial charge in [0.05, 0.1) is 32.0 Å². The molecule has 1 amide bonds. The number of rotatable bonds is 51. The molecule has 2 rings (SSSR count). The highest BCUT2D eigenvalue weighted by atomic mass is 16.7. The highest BCUT2D eigenvalue weighted by molar-refractivity contribution is 5.76. The zero-order valence-corrected chi connectivity index (χ0v) is 53.2. The number of hydrogen-bond donors (Lipinski definition) is 9. The first-order valence-electron chi connectivity index (χ1n) is 33.2. The van der Waals surface area contributed by atoms with Crippen molar-refractivity contribution in [2.75, 3.05) is 19.8 Å². The monoisotopic (exact) mass is 1220 g/mol. The van der Waals surface area contributed by atoms with Crippen LogP contribution in [0.25, 0.3) is 0 Å². The van der Waals surface area contributed by atoms with E-state index in [0.717, 1.165) is 128 Å². The van der Waals surface area contributed by atoms with E-state index in [1.54, 1.807) is 6.08 Å². The Kier molecular flexibility index (Phi) is 50.4. The quantitative estimate of drug-likeness (QED) is 0.0204. The van der Waals surface area contributed by atoms with Gasteiger partial charge in [0, 0.05) is 6.42 Å². The van der Waals surface area contributed by atoms with Gasteiger partial charge in [0.1, 0.15) is 48.8 Å². The SMILES string of the molecule is CC/C=C\C/C=C\C/C=C\C/C=C\C/C=C\C/C=C\C/C=C\C/C=C\C/C=C\C/C=C\CCCCCCCCC(=O)NC(COC1OC(CO)C(OC2OC(CO)C(O)C(O)C2O)C(O)C1O)C(O)/C=C/CC/C=C/CC/C=C/CCCCCCCC. The van der Waals surface area contributed by atoms with Crippen LogP contribution in [0.4, 0.5) is 0 Å². The van der Waals surface area contributed by atoms with Crippen molar-refractivity contribution in [1.82, 2.24) is 5.32 Å². The molecule has 2 aliphatic heterocycles. The molecule has 0 aromatic heterocycles. The average Bonchev–Trinajstić information content (AvgIpc) is 2.36. The van der Waals surface area contributed by atoms with E-state index in [1.807, 2.05) is 6.08 Å². The minimum absolute atomic E-state index is 0.242. The molecule has 0 radical (unpaired) electrons. The lowest BCUT2D eigenvalue weighted by molar-refractivity contribution is -0.359. The van der Waals surface area contributed by atoms with Crippen molar-refractivity contribution in [3.05, 3.63) is 158 Å². The lowest BCUT2D eigenvalue weighted by Gasteiger charge is -2.46. The normalized spacial score (nSPS) is 24.3. The highest BCUT2D eigenvalue weighted by Gasteiger charge is 2.51. The van der Waals surface area contributed by atoms with Gasteiger partial charge in [0.25, 0.3) is 0 Å². The van der Waals surface area contributed by atoms with Crippen LogP contribution in [0, 0.1) is 0 Å². The summed E-state index contributed by atoms with van der Waals surface area (Å²) >= 11 is 0. The third-order valence-corrected chi connectivity index (χ3v) is 14.9. The fourth-order valence-corrected chi connectivity index (χ4v) is 9.64. The molecule has 2 fully saturated rings. The molecular formula is C73H117NO13. The molecule has 0 spiro atoms. The van der Waals surface area contributed by atoms with Gasteiger partial charge in [0.15, 0.2) is 12.6 Å². The highest BCUT2D eigenvalue weighted by Crippen LogP contribution is 2.30. The Bertz CT molecular complexity index is 2070. The molecular weight excluding hydrogens is 1100 g/mol. The first-order chi connectivity index (χ1) is 42.6.